The van der Waals surface area contributed by atoms with Crippen LogP contribution in [-0.2, 0) is 4.79 Å². The SMILES string of the molecule is Cc1ccc(NC(=O)C(C)Nc2cccc(Cl)c2F)cc1. The van der Waals surface area contributed by atoms with Crippen LogP contribution in [0.1, 0.15) is 12.5 Å². The van der Waals surface area contributed by atoms with Crippen molar-refractivity contribution in [2.24, 2.45) is 0 Å². The Hall–Kier alpha value is -2.07. The number of amides is 1. The summed E-state index contributed by atoms with van der Waals surface area (Å²) in [7, 11) is 0. The van der Waals surface area contributed by atoms with E-state index in [1.807, 2.05) is 31.2 Å². The number of hydrogen-bond donors (Lipinski definition) is 2. The molecule has 0 saturated heterocycles. The van der Waals surface area contributed by atoms with E-state index in [2.05, 4.69) is 10.6 Å². The molecular weight excluding hydrogens is 291 g/mol. The number of carbonyl (C=O) groups is 1. The van der Waals surface area contributed by atoms with Crippen LogP contribution in [0, 0.1) is 12.7 Å². The summed E-state index contributed by atoms with van der Waals surface area (Å²) in [5.41, 5.74) is 2.01. The Balaban J connectivity index is 2.02. The number of hydrogen-bond acceptors (Lipinski definition) is 2. The lowest BCUT2D eigenvalue weighted by Gasteiger charge is -2.16. The normalized spacial score (nSPS) is 11.8. The van der Waals surface area contributed by atoms with Gasteiger partial charge in [0.1, 0.15) is 6.04 Å². The van der Waals surface area contributed by atoms with E-state index in [-0.39, 0.29) is 16.6 Å². The van der Waals surface area contributed by atoms with E-state index >= 15 is 0 Å². The summed E-state index contributed by atoms with van der Waals surface area (Å²) in [6.07, 6.45) is 0. The molecule has 0 aromatic heterocycles. The van der Waals surface area contributed by atoms with Crippen molar-refractivity contribution >= 4 is 28.9 Å². The molecule has 0 radical (unpaired) electrons. The molecule has 0 fully saturated rings. The number of nitrogens with one attached hydrogen (secondary N) is 2. The summed E-state index contributed by atoms with van der Waals surface area (Å²) in [4.78, 5) is 12.1. The first-order chi connectivity index (χ1) is 9.97. The third-order valence-electron chi connectivity index (χ3n) is 3.04. The average Bonchev–Trinajstić information content (AvgIpc) is 2.46. The van der Waals surface area contributed by atoms with Gasteiger partial charge in [-0.15, -0.1) is 0 Å². The highest BCUT2D eigenvalue weighted by atomic mass is 35.5. The van der Waals surface area contributed by atoms with Crippen LogP contribution in [0.5, 0.6) is 0 Å². The molecule has 0 heterocycles. The third-order valence-corrected chi connectivity index (χ3v) is 3.33. The summed E-state index contributed by atoms with van der Waals surface area (Å²) in [5, 5.41) is 5.60. The number of rotatable bonds is 4. The number of halogens is 2. The van der Waals surface area contributed by atoms with Crippen LogP contribution in [0.25, 0.3) is 0 Å². The highest BCUT2D eigenvalue weighted by molar-refractivity contribution is 6.31. The Morgan fingerprint density at radius 2 is 1.86 bits per heavy atom. The van der Waals surface area contributed by atoms with Gasteiger partial charge in [0.2, 0.25) is 5.91 Å². The van der Waals surface area contributed by atoms with E-state index in [0.717, 1.165) is 5.56 Å². The van der Waals surface area contributed by atoms with Gasteiger partial charge in [-0.2, -0.15) is 0 Å². The fourth-order valence-electron chi connectivity index (χ4n) is 1.80. The molecule has 1 atom stereocenters. The lowest BCUT2D eigenvalue weighted by atomic mass is 10.2. The van der Waals surface area contributed by atoms with Gasteiger partial charge in [-0.05, 0) is 38.1 Å². The lowest BCUT2D eigenvalue weighted by molar-refractivity contribution is -0.116. The molecule has 1 amide bonds. The minimum absolute atomic E-state index is 0.0196. The van der Waals surface area contributed by atoms with Gasteiger partial charge < -0.3 is 10.6 Å². The van der Waals surface area contributed by atoms with Crippen molar-refractivity contribution in [2.75, 3.05) is 10.6 Å². The molecule has 0 aliphatic carbocycles. The van der Waals surface area contributed by atoms with Crippen LogP contribution in [-0.4, -0.2) is 11.9 Å². The predicted octanol–water partition coefficient (Wildman–Crippen LogP) is 4.23. The molecule has 2 aromatic rings. The quantitative estimate of drug-likeness (QED) is 0.887. The molecule has 0 spiro atoms. The maximum atomic E-state index is 13.8. The van der Waals surface area contributed by atoms with E-state index in [0.29, 0.717) is 5.69 Å². The Bertz CT molecular complexity index is 643. The molecular formula is C16H16ClFN2O. The second-order valence-electron chi connectivity index (χ2n) is 4.82. The summed E-state index contributed by atoms with van der Waals surface area (Å²) in [6.45, 7) is 3.63. The molecule has 2 rings (SSSR count). The average molecular weight is 307 g/mol. The van der Waals surface area contributed by atoms with Crippen molar-refractivity contribution in [1.29, 1.82) is 0 Å². The first-order valence-electron chi connectivity index (χ1n) is 6.55. The van der Waals surface area contributed by atoms with E-state index < -0.39 is 11.9 Å². The highest BCUT2D eigenvalue weighted by Gasteiger charge is 2.15. The van der Waals surface area contributed by atoms with Gasteiger partial charge in [0.05, 0.1) is 10.7 Å². The van der Waals surface area contributed by atoms with Crippen LogP contribution in [0.4, 0.5) is 15.8 Å². The number of carbonyl (C=O) groups excluding carboxylic acids is 1. The second kappa shape index (κ2) is 6.59. The molecule has 1 unspecified atom stereocenters. The van der Waals surface area contributed by atoms with E-state index in [4.69, 9.17) is 11.6 Å². The summed E-state index contributed by atoms with van der Waals surface area (Å²) in [6, 6.07) is 11.5. The van der Waals surface area contributed by atoms with E-state index in [9.17, 15) is 9.18 Å². The minimum atomic E-state index is -0.598. The van der Waals surface area contributed by atoms with Crippen LogP contribution in [0.3, 0.4) is 0 Å². The molecule has 110 valence electrons. The van der Waals surface area contributed by atoms with Crippen LogP contribution in [0.2, 0.25) is 5.02 Å². The maximum Gasteiger partial charge on any atom is 0.246 e. The van der Waals surface area contributed by atoms with Crippen molar-refractivity contribution in [3.63, 3.8) is 0 Å². The molecule has 2 aromatic carbocycles. The Kier molecular flexibility index (Phi) is 4.81. The molecule has 0 aliphatic heterocycles. The van der Waals surface area contributed by atoms with Gasteiger partial charge in [0, 0.05) is 5.69 Å². The molecule has 0 saturated carbocycles. The van der Waals surface area contributed by atoms with Gasteiger partial charge in [-0.1, -0.05) is 35.4 Å². The van der Waals surface area contributed by atoms with Gasteiger partial charge in [0.25, 0.3) is 0 Å². The van der Waals surface area contributed by atoms with Gasteiger partial charge >= 0.3 is 0 Å². The van der Waals surface area contributed by atoms with Gasteiger partial charge in [0.15, 0.2) is 5.82 Å². The van der Waals surface area contributed by atoms with Crippen LogP contribution in [0.15, 0.2) is 42.5 Å². The summed E-state index contributed by atoms with van der Waals surface area (Å²) < 4.78 is 13.8. The largest absolute Gasteiger partial charge is 0.371 e. The van der Waals surface area contributed by atoms with E-state index in [1.54, 1.807) is 13.0 Å². The smallest absolute Gasteiger partial charge is 0.246 e. The monoisotopic (exact) mass is 306 g/mol. The topological polar surface area (TPSA) is 41.1 Å². The fourth-order valence-corrected chi connectivity index (χ4v) is 1.98. The molecule has 0 bridgehead atoms. The Labute approximate surface area is 128 Å². The van der Waals surface area contributed by atoms with Crippen molar-refractivity contribution in [3.8, 4) is 0 Å². The molecule has 0 aliphatic rings. The zero-order valence-corrected chi connectivity index (χ0v) is 12.5. The molecule has 5 heteroatoms. The van der Waals surface area contributed by atoms with Crippen LogP contribution >= 0.6 is 11.6 Å². The summed E-state index contributed by atoms with van der Waals surface area (Å²) in [5.74, 6) is -0.813. The van der Waals surface area contributed by atoms with Crippen molar-refractivity contribution in [2.45, 2.75) is 19.9 Å². The Morgan fingerprint density at radius 1 is 1.19 bits per heavy atom. The minimum Gasteiger partial charge on any atom is -0.371 e. The van der Waals surface area contributed by atoms with Crippen LogP contribution < -0.4 is 10.6 Å². The number of aryl methyl sites for hydroxylation is 1. The fraction of sp³-hybridized carbons (Fsp3) is 0.188. The van der Waals surface area contributed by atoms with Crippen molar-refractivity contribution in [1.82, 2.24) is 0 Å². The van der Waals surface area contributed by atoms with Crippen molar-refractivity contribution in [3.05, 3.63) is 58.9 Å². The Morgan fingerprint density at radius 3 is 2.52 bits per heavy atom. The second-order valence-corrected chi connectivity index (χ2v) is 5.23. The zero-order valence-electron chi connectivity index (χ0n) is 11.8. The predicted molar refractivity (Wildman–Crippen MR) is 84.3 cm³/mol. The third kappa shape index (κ3) is 3.95. The lowest BCUT2D eigenvalue weighted by Crippen LogP contribution is -2.32. The van der Waals surface area contributed by atoms with Gasteiger partial charge in [-0.3, -0.25) is 4.79 Å². The molecule has 3 nitrogen and oxygen atoms in total. The first kappa shape index (κ1) is 15.3. The summed E-state index contributed by atoms with van der Waals surface area (Å²) >= 11 is 5.71. The maximum absolute atomic E-state index is 13.8. The first-order valence-corrected chi connectivity index (χ1v) is 6.93. The van der Waals surface area contributed by atoms with Crippen molar-refractivity contribution < 1.29 is 9.18 Å². The van der Waals surface area contributed by atoms with E-state index in [1.165, 1.54) is 12.1 Å². The zero-order chi connectivity index (χ0) is 15.4. The number of anilines is 2. The van der Waals surface area contributed by atoms with Gasteiger partial charge in [-0.25, -0.2) is 4.39 Å². The molecule has 21 heavy (non-hydrogen) atoms. The highest BCUT2D eigenvalue weighted by Crippen LogP contribution is 2.22. The standard InChI is InChI=1S/C16H16ClFN2O/c1-10-6-8-12(9-7-10)20-16(21)11(2)19-14-5-3-4-13(17)15(14)18/h3-9,11,19H,1-2H3,(H,20,21). The number of benzene rings is 2. The molecule has 2 N–H and O–H groups in total.